The zero-order valence-corrected chi connectivity index (χ0v) is 13.0. The van der Waals surface area contributed by atoms with Crippen LogP contribution in [0.2, 0.25) is 0 Å². The van der Waals surface area contributed by atoms with Crippen LogP contribution in [0, 0.1) is 6.92 Å². The molecule has 2 aromatic rings. The zero-order chi connectivity index (χ0) is 14.5. The molecule has 2 rings (SSSR count). The van der Waals surface area contributed by atoms with Crippen molar-refractivity contribution in [1.82, 2.24) is 15.5 Å². The number of rotatable bonds is 6. The molecule has 0 spiro atoms. The number of hydrogen-bond donors (Lipinski definition) is 2. The highest BCUT2D eigenvalue weighted by atomic mass is 32.1. The van der Waals surface area contributed by atoms with Crippen molar-refractivity contribution < 1.29 is 5.11 Å². The molecule has 1 aromatic carbocycles. The fourth-order valence-corrected chi connectivity index (χ4v) is 2.96. The molecule has 0 fully saturated rings. The van der Waals surface area contributed by atoms with E-state index in [4.69, 9.17) is 0 Å². The van der Waals surface area contributed by atoms with Crippen LogP contribution in [0.4, 0.5) is 0 Å². The van der Waals surface area contributed by atoms with Gasteiger partial charge in [0, 0.05) is 5.56 Å². The van der Waals surface area contributed by atoms with Gasteiger partial charge in [0.2, 0.25) is 0 Å². The quantitative estimate of drug-likeness (QED) is 0.852. The van der Waals surface area contributed by atoms with Crippen molar-refractivity contribution in [3.63, 3.8) is 0 Å². The molecule has 1 atom stereocenters. The smallest absolute Gasteiger partial charge is 0.147 e. The van der Waals surface area contributed by atoms with Crippen molar-refractivity contribution in [1.29, 1.82) is 0 Å². The van der Waals surface area contributed by atoms with Crippen molar-refractivity contribution >= 4 is 11.3 Å². The summed E-state index contributed by atoms with van der Waals surface area (Å²) >= 11 is 1.59. The highest BCUT2D eigenvalue weighted by molar-refractivity contribution is 7.14. The van der Waals surface area contributed by atoms with E-state index in [1.807, 2.05) is 19.1 Å². The molecule has 108 valence electrons. The SMILES string of the molecule is CCCNC(CC)c1nnc(-c2ccc(C)c(O)c2)s1. The van der Waals surface area contributed by atoms with E-state index in [-0.39, 0.29) is 6.04 Å². The van der Waals surface area contributed by atoms with Gasteiger partial charge in [-0.3, -0.25) is 0 Å². The predicted molar refractivity (Wildman–Crippen MR) is 83.1 cm³/mol. The molecule has 0 saturated carbocycles. The third kappa shape index (κ3) is 3.35. The average Bonchev–Trinajstić information content (AvgIpc) is 2.92. The topological polar surface area (TPSA) is 58.0 Å². The number of nitrogens with one attached hydrogen (secondary N) is 1. The summed E-state index contributed by atoms with van der Waals surface area (Å²) in [6.07, 6.45) is 2.10. The van der Waals surface area contributed by atoms with Crippen LogP contribution in [0.1, 0.15) is 43.3 Å². The van der Waals surface area contributed by atoms with Crippen molar-refractivity contribution in [3.05, 3.63) is 28.8 Å². The van der Waals surface area contributed by atoms with Gasteiger partial charge in [-0.15, -0.1) is 10.2 Å². The molecule has 0 aliphatic carbocycles. The third-order valence-corrected chi connectivity index (χ3v) is 4.33. The Morgan fingerprint density at radius 3 is 2.75 bits per heavy atom. The van der Waals surface area contributed by atoms with Gasteiger partial charge < -0.3 is 10.4 Å². The standard InChI is InChI=1S/C15H21N3OS/c1-4-8-16-12(5-2)15-18-17-14(20-15)11-7-6-10(3)13(19)9-11/h6-7,9,12,16,19H,4-5,8H2,1-3H3. The first-order chi connectivity index (χ1) is 9.65. The molecule has 0 amide bonds. The summed E-state index contributed by atoms with van der Waals surface area (Å²) in [4.78, 5) is 0. The summed E-state index contributed by atoms with van der Waals surface area (Å²) in [7, 11) is 0. The lowest BCUT2D eigenvalue weighted by molar-refractivity contribution is 0.471. The van der Waals surface area contributed by atoms with Crippen LogP contribution in [0.15, 0.2) is 18.2 Å². The molecule has 0 saturated heterocycles. The van der Waals surface area contributed by atoms with E-state index in [9.17, 15) is 5.11 Å². The number of aromatic nitrogens is 2. The summed E-state index contributed by atoms with van der Waals surface area (Å²) in [5, 5.41) is 23.7. The Kier molecular flexibility index (Phi) is 5.09. The Labute approximate surface area is 123 Å². The molecule has 4 nitrogen and oxygen atoms in total. The van der Waals surface area contributed by atoms with Gasteiger partial charge in [-0.05, 0) is 37.9 Å². The van der Waals surface area contributed by atoms with Crippen LogP contribution in [-0.2, 0) is 0 Å². The third-order valence-electron chi connectivity index (χ3n) is 3.24. The van der Waals surface area contributed by atoms with E-state index in [1.54, 1.807) is 17.4 Å². The number of phenols is 1. The van der Waals surface area contributed by atoms with Gasteiger partial charge in [-0.1, -0.05) is 37.3 Å². The minimum Gasteiger partial charge on any atom is -0.508 e. The molecule has 20 heavy (non-hydrogen) atoms. The Bertz CT molecular complexity index is 568. The number of benzene rings is 1. The van der Waals surface area contributed by atoms with Crippen LogP contribution < -0.4 is 5.32 Å². The molecular formula is C15H21N3OS. The van der Waals surface area contributed by atoms with Gasteiger partial charge >= 0.3 is 0 Å². The van der Waals surface area contributed by atoms with E-state index in [2.05, 4.69) is 29.4 Å². The van der Waals surface area contributed by atoms with Crippen molar-refractivity contribution in [2.75, 3.05) is 6.54 Å². The first kappa shape index (κ1) is 14.9. The predicted octanol–water partition coefficient (Wildman–Crippen LogP) is 3.67. The fourth-order valence-electron chi connectivity index (χ4n) is 1.96. The minimum absolute atomic E-state index is 0.264. The molecule has 1 unspecified atom stereocenters. The molecule has 0 bridgehead atoms. The monoisotopic (exact) mass is 291 g/mol. The summed E-state index contributed by atoms with van der Waals surface area (Å²) in [5.41, 5.74) is 1.79. The van der Waals surface area contributed by atoms with Crippen LogP contribution in [0.25, 0.3) is 10.6 Å². The highest BCUT2D eigenvalue weighted by Gasteiger charge is 2.15. The summed E-state index contributed by atoms with van der Waals surface area (Å²) in [5.74, 6) is 0.301. The maximum atomic E-state index is 9.78. The normalized spacial score (nSPS) is 12.6. The summed E-state index contributed by atoms with van der Waals surface area (Å²) in [6, 6.07) is 5.89. The number of aryl methyl sites for hydroxylation is 1. The van der Waals surface area contributed by atoms with Crippen LogP contribution in [-0.4, -0.2) is 21.8 Å². The second-order valence-electron chi connectivity index (χ2n) is 4.86. The number of nitrogens with zero attached hydrogens (tertiary/aromatic N) is 2. The molecule has 0 radical (unpaired) electrons. The Morgan fingerprint density at radius 2 is 2.10 bits per heavy atom. The second kappa shape index (κ2) is 6.81. The van der Waals surface area contributed by atoms with Crippen molar-refractivity contribution in [2.45, 2.75) is 39.7 Å². The van der Waals surface area contributed by atoms with E-state index < -0.39 is 0 Å². The zero-order valence-electron chi connectivity index (χ0n) is 12.2. The Hall–Kier alpha value is -1.46. The molecule has 5 heteroatoms. The number of phenolic OH excluding ortho intramolecular Hbond substituents is 1. The van der Waals surface area contributed by atoms with Crippen LogP contribution in [0.5, 0.6) is 5.75 Å². The van der Waals surface area contributed by atoms with Gasteiger partial charge in [-0.25, -0.2) is 0 Å². The first-order valence-corrected chi connectivity index (χ1v) is 7.84. The van der Waals surface area contributed by atoms with Gasteiger partial charge in [0.05, 0.1) is 6.04 Å². The van der Waals surface area contributed by atoms with E-state index in [1.165, 1.54) is 0 Å². The highest BCUT2D eigenvalue weighted by Crippen LogP contribution is 2.30. The van der Waals surface area contributed by atoms with Gasteiger partial charge in [0.1, 0.15) is 15.8 Å². The fraction of sp³-hybridized carbons (Fsp3) is 0.467. The lowest BCUT2D eigenvalue weighted by atomic mass is 10.1. The van der Waals surface area contributed by atoms with E-state index in [0.29, 0.717) is 5.75 Å². The molecule has 1 heterocycles. The van der Waals surface area contributed by atoms with Crippen LogP contribution in [0.3, 0.4) is 0 Å². The minimum atomic E-state index is 0.264. The maximum Gasteiger partial charge on any atom is 0.147 e. The molecule has 2 N–H and O–H groups in total. The molecule has 1 aromatic heterocycles. The van der Waals surface area contributed by atoms with Gasteiger partial charge in [-0.2, -0.15) is 0 Å². The molecule has 0 aliphatic heterocycles. The molecule has 0 aliphatic rings. The van der Waals surface area contributed by atoms with E-state index >= 15 is 0 Å². The summed E-state index contributed by atoms with van der Waals surface area (Å²) < 4.78 is 0. The lowest BCUT2D eigenvalue weighted by Gasteiger charge is -2.12. The maximum absolute atomic E-state index is 9.78. The summed E-state index contributed by atoms with van der Waals surface area (Å²) in [6.45, 7) is 7.16. The van der Waals surface area contributed by atoms with Gasteiger partial charge in [0.15, 0.2) is 0 Å². The Balaban J connectivity index is 2.20. The average molecular weight is 291 g/mol. The second-order valence-corrected chi connectivity index (χ2v) is 5.87. The Morgan fingerprint density at radius 1 is 1.30 bits per heavy atom. The van der Waals surface area contributed by atoms with Crippen molar-refractivity contribution in [2.24, 2.45) is 0 Å². The lowest BCUT2D eigenvalue weighted by Crippen LogP contribution is -2.21. The van der Waals surface area contributed by atoms with E-state index in [0.717, 1.165) is 40.5 Å². The van der Waals surface area contributed by atoms with Crippen molar-refractivity contribution in [3.8, 4) is 16.3 Å². The van der Waals surface area contributed by atoms with Gasteiger partial charge in [0.25, 0.3) is 0 Å². The number of aromatic hydroxyl groups is 1. The largest absolute Gasteiger partial charge is 0.508 e. The van der Waals surface area contributed by atoms with Crippen LogP contribution >= 0.6 is 11.3 Å². The molecular weight excluding hydrogens is 270 g/mol. The number of hydrogen-bond acceptors (Lipinski definition) is 5. The first-order valence-electron chi connectivity index (χ1n) is 7.02.